The van der Waals surface area contributed by atoms with Crippen LogP contribution in [-0.2, 0) is 20.7 Å². The number of carbonyl (C=O) groups excluding carboxylic acids is 1. The summed E-state index contributed by atoms with van der Waals surface area (Å²) >= 11 is 0. The summed E-state index contributed by atoms with van der Waals surface area (Å²) in [4.78, 5) is 12.6. The van der Waals surface area contributed by atoms with Crippen molar-refractivity contribution in [3.8, 4) is 11.5 Å². The van der Waals surface area contributed by atoms with Crippen LogP contribution in [0.25, 0.3) is 0 Å². The molecule has 0 saturated carbocycles. The first kappa shape index (κ1) is 23.2. The first-order valence-corrected chi connectivity index (χ1v) is 9.12. The highest BCUT2D eigenvalue weighted by Gasteiger charge is 2.25. The molecular weight excluding hydrogens is 348 g/mol. The molecular formula is C20H34N2O5. The number of amides is 1. The van der Waals surface area contributed by atoms with Gasteiger partial charge in [0.05, 0.1) is 13.2 Å². The number of rotatable bonds is 11. The molecule has 1 unspecified atom stereocenters. The van der Waals surface area contributed by atoms with E-state index in [0.29, 0.717) is 31.7 Å². The Morgan fingerprint density at radius 3 is 2.37 bits per heavy atom. The zero-order valence-electron chi connectivity index (χ0n) is 17.3. The van der Waals surface area contributed by atoms with Crippen molar-refractivity contribution < 1.29 is 24.1 Å². The summed E-state index contributed by atoms with van der Waals surface area (Å²) < 4.78 is 15.4. The minimum absolute atomic E-state index is 0.00752. The molecule has 0 spiro atoms. The SMILES string of the molecule is COc1ccc(CCNC(=O)C(CC(C)(C)C)NCC(OC)OC)cc1O. The molecule has 1 aromatic carbocycles. The smallest absolute Gasteiger partial charge is 0.237 e. The number of methoxy groups -OCH3 is 3. The zero-order valence-corrected chi connectivity index (χ0v) is 17.3. The van der Waals surface area contributed by atoms with Crippen LogP contribution in [0.3, 0.4) is 0 Å². The minimum atomic E-state index is -0.400. The van der Waals surface area contributed by atoms with Gasteiger partial charge in [-0.1, -0.05) is 26.8 Å². The monoisotopic (exact) mass is 382 g/mol. The van der Waals surface area contributed by atoms with Crippen LogP contribution in [0.1, 0.15) is 32.8 Å². The normalized spacial score (nSPS) is 12.9. The van der Waals surface area contributed by atoms with Gasteiger partial charge in [-0.25, -0.2) is 0 Å². The van der Waals surface area contributed by atoms with Gasteiger partial charge in [0.2, 0.25) is 5.91 Å². The highest BCUT2D eigenvalue weighted by atomic mass is 16.7. The van der Waals surface area contributed by atoms with E-state index in [1.807, 2.05) is 6.07 Å². The fourth-order valence-electron chi connectivity index (χ4n) is 2.72. The molecule has 1 aromatic rings. The van der Waals surface area contributed by atoms with Gasteiger partial charge in [-0.15, -0.1) is 0 Å². The van der Waals surface area contributed by atoms with E-state index in [1.165, 1.54) is 7.11 Å². The Bertz CT molecular complexity index is 582. The van der Waals surface area contributed by atoms with Gasteiger partial charge in [0.15, 0.2) is 17.8 Å². The number of phenolic OH excluding ortho intramolecular Hbond substituents is 1. The Morgan fingerprint density at radius 1 is 1.19 bits per heavy atom. The molecule has 0 fully saturated rings. The lowest BCUT2D eigenvalue weighted by Crippen LogP contribution is -2.49. The number of hydrogen-bond donors (Lipinski definition) is 3. The lowest BCUT2D eigenvalue weighted by atomic mass is 9.87. The second-order valence-corrected chi connectivity index (χ2v) is 7.67. The summed E-state index contributed by atoms with van der Waals surface area (Å²) in [5.74, 6) is 0.468. The summed E-state index contributed by atoms with van der Waals surface area (Å²) in [6.45, 7) is 7.19. The van der Waals surface area contributed by atoms with Crippen molar-refractivity contribution >= 4 is 5.91 Å². The summed E-state index contributed by atoms with van der Waals surface area (Å²) in [6.07, 6.45) is 0.898. The van der Waals surface area contributed by atoms with Gasteiger partial charge in [-0.3, -0.25) is 4.79 Å². The van der Waals surface area contributed by atoms with Gasteiger partial charge in [0.1, 0.15) is 0 Å². The number of benzene rings is 1. The highest BCUT2D eigenvalue weighted by molar-refractivity contribution is 5.81. The van der Waals surface area contributed by atoms with Crippen LogP contribution in [0.4, 0.5) is 0 Å². The van der Waals surface area contributed by atoms with E-state index in [1.54, 1.807) is 26.4 Å². The number of phenols is 1. The molecule has 0 radical (unpaired) electrons. The Kier molecular flexibility index (Phi) is 9.55. The van der Waals surface area contributed by atoms with Crippen LogP contribution < -0.4 is 15.4 Å². The van der Waals surface area contributed by atoms with Crippen LogP contribution in [0.5, 0.6) is 11.5 Å². The third kappa shape index (κ3) is 8.60. The third-order valence-corrected chi connectivity index (χ3v) is 4.15. The van der Waals surface area contributed by atoms with Crippen molar-refractivity contribution in [1.29, 1.82) is 0 Å². The van der Waals surface area contributed by atoms with E-state index in [0.717, 1.165) is 5.56 Å². The van der Waals surface area contributed by atoms with Crippen LogP contribution in [0, 0.1) is 5.41 Å². The molecule has 7 nitrogen and oxygen atoms in total. The second-order valence-electron chi connectivity index (χ2n) is 7.67. The van der Waals surface area contributed by atoms with E-state index in [4.69, 9.17) is 14.2 Å². The molecule has 0 aromatic heterocycles. The van der Waals surface area contributed by atoms with Crippen LogP contribution in [-0.4, -0.2) is 57.8 Å². The van der Waals surface area contributed by atoms with Crippen molar-refractivity contribution in [2.24, 2.45) is 5.41 Å². The van der Waals surface area contributed by atoms with Crippen molar-refractivity contribution in [3.63, 3.8) is 0 Å². The average molecular weight is 383 g/mol. The Morgan fingerprint density at radius 2 is 1.85 bits per heavy atom. The summed E-state index contributed by atoms with van der Waals surface area (Å²) in [5.41, 5.74) is 0.916. The number of nitrogens with one attached hydrogen (secondary N) is 2. The molecule has 1 atom stereocenters. The van der Waals surface area contributed by atoms with Gasteiger partial charge >= 0.3 is 0 Å². The van der Waals surface area contributed by atoms with E-state index in [-0.39, 0.29) is 23.1 Å². The molecule has 7 heteroatoms. The molecule has 0 aliphatic heterocycles. The number of aromatic hydroxyl groups is 1. The summed E-state index contributed by atoms with van der Waals surface area (Å²) in [6, 6.07) is 4.89. The minimum Gasteiger partial charge on any atom is -0.504 e. The van der Waals surface area contributed by atoms with Crippen LogP contribution >= 0.6 is 0 Å². The molecule has 1 rings (SSSR count). The van der Waals surface area contributed by atoms with Gasteiger partial charge in [-0.05, 0) is 36.0 Å². The lowest BCUT2D eigenvalue weighted by Gasteiger charge is -2.27. The quantitative estimate of drug-likeness (QED) is 0.508. The molecule has 0 bridgehead atoms. The highest BCUT2D eigenvalue weighted by Crippen LogP contribution is 2.26. The summed E-state index contributed by atoms with van der Waals surface area (Å²) in [7, 11) is 4.65. The molecule has 0 heterocycles. The van der Waals surface area contributed by atoms with Gasteiger partial charge in [-0.2, -0.15) is 0 Å². The van der Waals surface area contributed by atoms with E-state index >= 15 is 0 Å². The summed E-state index contributed by atoms with van der Waals surface area (Å²) in [5, 5.41) is 16.0. The molecule has 0 aliphatic rings. The molecule has 1 amide bonds. The number of hydrogen-bond acceptors (Lipinski definition) is 6. The predicted molar refractivity (Wildman–Crippen MR) is 105 cm³/mol. The van der Waals surface area contributed by atoms with Gasteiger partial charge in [0.25, 0.3) is 0 Å². The Balaban J connectivity index is 2.60. The molecule has 154 valence electrons. The van der Waals surface area contributed by atoms with E-state index < -0.39 is 6.29 Å². The van der Waals surface area contributed by atoms with Crippen LogP contribution in [0.2, 0.25) is 0 Å². The van der Waals surface area contributed by atoms with Crippen molar-refractivity contribution in [2.75, 3.05) is 34.4 Å². The molecule has 0 aliphatic carbocycles. The molecule has 3 N–H and O–H groups in total. The standard InChI is InChI=1S/C20H34N2O5/c1-20(2,3)12-15(22-13-18(26-5)27-6)19(24)21-10-9-14-7-8-17(25-4)16(23)11-14/h7-8,11,15,18,22-23H,9-10,12-13H2,1-6H3,(H,21,24). The maximum absolute atomic E-state index is 12.6. The second kappa shape index (κ2) is 11.1. The zero-order chi connectivity index (χ0) is 20.4. The molecule has 27 heavy (non-hydrogen) atoms. The van der Waals surface area contributed by atoms with Crippen molar-refractivity contribution in [2.45, 2.75) is 45.9 Å². The van der Waals surface area contributed by atoms with E-state index in [9.17, 15) is 9.90 Å². The predicted octanol–water partition coefficient (Wildman–Crippen LogP) is 2.07. The van der Waals surface area contributed by atoms with E-state index in [2.05, 4.69) is 31.4 Å². The number of carbonyl (C=O) groups is 1. The lowest BCUT2D eigenvalue weighted by molar-refractivity contribution is -0.125. The number of ether oxygens (including phenoxy) is 3. The van der Waals surface area contributed by atoms with Crippen molar-refractivity contribution in [1.82, 2.24) is 10.6 Å². The molecule has 0 saturated heterocycles. The first-order chi connectivity index (χ1) is 12.7. The average Bonchev–Trinajstić information content (AvgIpc) is 2.60. The maximum atomic E-state index is 12.6. The van der Waals surface area contributed by atoms with Gasteiger partial charge in [0, 0.05) is 27.3 Å². The fraction of sp³-hybridized carbons (Fsp3) is 0.650. The largest absolute Gasteiger partial charge is 0.504 e. The van der Waals surface area contributed by atoms with Gasteiger partial charge < -0.3 is 30.0 Å². The van der Waals surface area contributed by atoms with Crippen LogP contribution in [0.15, 0.2) is 18.2 Å². The Labute approximate surface area is 162 Å². The Hall–Kier alpha value is -1.83. The fourth-order valence-corrected chi connectivity index (χ4v) is 2.72. The van der Waals surface area contributed by atoms with Crippen molar-refractivity contribution in [3.05, 3.63) is 23.8 Å². The topological polar surface area (TPSA) is 89.1 Å². The third-order valence-electron chi connectivity index (χ3n) is 4.15. The first-order valence-electron chi connectivity index (χ1n) is 9.12. The maximum Gasteiger partial charge on any atom is 0.237 e.